The molecule has 3 rings (SSSR count). The SMILES string of the molecule is Cc1nn(-c2ccccc2)c(C)c1C(=O)OCc1c(F)cccc1Cl. The van der Waals surface area contributed by atoms with Crippen molar-refractivity contribution in [3.8, 4) is 5.69 Å². The number of para-hydroxylation sites is 1. The molecule has 0 amide bonds. The Kier molecular flexibility index (Phi) is 4.86. The fourth-order valence-electron chi connectivity index (χ4n) is 2.64. The van der Waals surface area contributed by atoms with E-state index in [1.807, 2.05) is 30.3 Å². The summed E-state index contributed by atoms with van der Waals surface area (Å²) in [6, 6.07) is 13.8. The Labute approximate surface area is 149 Å². The number of hydrogen-bond donors (Lipinski definition) is 0. The van der Waals surface area contributed by atoms with Crippen LogP contribution in [-0.2, 0) is 11.3 Å². The summed E-state index contributed by atoms with van der Waals surface area (Å²) in [5, 5.41) is 4.63. The van der Waals surface area contributed by atoms with E-state index in [0.717, 1.165) is 5.69 Å². The highest BCUT2D eigenvalue weighted by atomic mass is 35.5. The third kappa shape index (κ3) is 3.42. The van der Waals surface area contributed by atoms with Crippen molar-refractivity contribution in [1.82, 2.24) is 9.78 Å². The average Bonchev–Trinajstić information content (AvgIpc) is 2.89. The minimum Gasteiger partial charge on any atom is -0.457 e. The number of nitrogens with zero attached hydrogens (tertiary/aromatic N) is 2. The van der Waals surface area contributed by atoms with Crippen LogP contribution in [0, 0.1) is 19.7 Å². The number of rotatable bonds is 4. The van der Waals surface area contributed by atoms with Crippen LogP contribution in [0.5, 0.6) is 0 Å². The topological polar surface area (TPSA) is 44.1 Å². The van der Waals surface area contributed by atoms with Crippen molar-refractivity contribution < 1.29 is 13.9 Å². The van der Waals surface area contributed by atoms with Crippen LogP contribution in [0.4, 0.5) is 4.39 Å². The van der Waals surface area contributed by atoms with Crippen molar-refractivity contribution in [2.75, 3.05) is 0 Å². The predicted octanol–water partition coefficient (Wildman–Crippen LogP) is 4.64. The van der Waals surface area contributed by atoms with E-state index in [1.165, 1.54) is 12.1 Å². The number of esters is 1. The van der Waals surface area contributed by atoms with Gasteiger partial charge in [0.15, 0.2) is 0 Å². The lowest BCUT2D eigenvalue weighted by atomic mass is 10.2. The Morgan fingerprint density at radius 1 is 1.16 bits per heavy atom. The Bertz CT molecular complexity index is 902. The summed E-state index contributed by atoms with van der Waals surface area (Å²) < 4.78 is 20.7. The van der Waals surface area contributed by atoms with E-state index in [-0.39, 0.29) is 17.2 Å². The first-order valence-corrected chi connectivity index (χ1v) is 8.08. The molecule has 0 aliphatic rings. The van der Waals surface area contributed by atoms with Gasteiger partial charge in [-0.2, -0.15) is 5.10 Å². The molecule has 0 saturated heterocycles. The number of carbonyl (C=O) groups is 1. The first-order chi connectivity index (χ1) is 12.0. The predicted molar refractivity (Wildman–Crippen MR) is 93.6 cm³/mol. The van der Waals surface area contributed by atoms with E-state index in [2.05, 4.69) is 5.10 Å². The van der Waals surface area contributed by atoms with Crippen LogP contribution < -0.4 is 0 Å². The van der Waals surface area contributed by atoms with E-state index in [1.54, 1.807) is 24.6 Å². The van der Waals surface area contributed by atoms with E-state index >= 15 is 0 Å². The first-order valence-electron chi connectivity index (χ1n) is 7.70. The Morgan fingerprint density at radius 2 is 1.88 bits per heavy atom. The van der Waals surface area contributed by atoms with E-state index in [9.17, 15) is 9.18 Å². The molecule has 0 fully saturated rings. The van der Waals surface area contributed by atoms with Crippen molar-refractivity contribution in [2.24, 2.45) is 0 Å². The van der Waals surface area contributed by atoms with Crippen LogP contribution in [0.3, 0.4) is 0 Å². The minimum atomic E-state index is -0.559. The van der Waals surface area contributed by atoms with Crippen molar-refractivity contribution in [1.29, 1.82) is 0 Å². The molecule has 6 heteroatoms. The molecular formula is C19H16ClFN2O2. The van der Waals surface area contributed by atoms with Gasteiger partial charge in [0, 0.05) is 5.56 Å². The van der Waals surface area contributed by atoms with Crippen LogP contribution in [0.25, 0.3) is 5.69 Å². The lowest BCUT2D eigenvalue weighted by Crippen LogP contribution is -2.09. The maximum absolute atomic E-state index is 13.8. The van der Waals surface area contributed by atoms with Gasteiger partial charge in [-0.05, 0) is 38.1 Å². The largest absolute Gasteiger partial charge is 0.457 e. The Balaban J connectivity index is 1.85. The monoisotopic (exact) mass is 358 g/mol. The molecule has 0 bridgehead atoms. The molecule has 0 aliphatic carbocycles. The molecule has 1 aromatic heterocycles. The molecule has 3 aromatic rings. The minimum absolute atomic E-state index is 0.156. The number of halogens is 2. The zero-order valence-corrected chi connectivity index (χ0v) is 14.5. The van der Waals surface area contributed by atoms with Crippen molar-refractivity contribution in [3.05, 3.63) is 81.9 Å². The van der Waals surface area contributed by atoms with Gasteiger partial charge in [-0.25, -0.2) is 13.9 Å². The molecule has 1 heterocycles. The molecule has 0 saturated carbocycles. The smallest absolute Gasteiger partial charge is 0.342 e. The standard InChI is InChI=1S/C19H16ClFN2O2/c1-12-18(13(2)23(22-12)14-7-4-3-5-8-14)19(24)25-11-15-16(20)9-6-10-17(15)21/h3-10H,11H2,1-2H3. The fourth-order valence-corrected chi connectivity index (χ4v) is 2.86. The van der Waals surface area contributed by atoms with Gasteiger partial charge < -0.3 is 4.74 Å². The van der Waals surface area contributed by atoms with Gasteiger partial charge in [0.05, 0.1) is 22.1 Å². The Hall–Kier alpha value is -2.66. The zero-order valence-electron chi connectivity index (χ0n) is 13.8. The van der Waals surface area contributed by atoms with Crippen molar-refractivity contribution >= 4 is 17.6 Å². The highest BCUT2D eigenvalue weighted by Crippen LogP contribution is 2.22. The van der Waals surface area contributed by atoms with Crippen LogP contribution in [0.15, 0.2) is 48.5 Å². The first kappa shape index (κ1) is 17.2. The lowest BCUT2D eigenvalue weighted by molar-refractivity contribution is 0.0467. The molecule has 0 atom stereocenters. The number of hydrogen-bond acceptors (Lipinski definition) is 3. The van der Waals surface area contributed by atoms with Crippen LogP contribution in [0.2, 0.25) is 5.02 Å². The summed E-state index contributed by atoms with van der Waals surface area (Å²) in [6.07, 6.45) is 0. The van der Waals surface area contributed by atoms with Gasteiger partial charge in [-0.3, -0.25) is 0 Å². The number of carbonyl (C=O) groups excluding carboxylic acids is 1. The Morgan fingerprint density at radius 3 is 2.56 bits per heavy atom. The van der Waals surface area contributed by atoms with Crippen molar-refractivity contribution in [3.63, 3.8) is 0 Å². The van der Waals surface area contributed by atoms with E-state index in [0.29, 0.717) is 17.0 Å². The third-order valence-corrected chi connectivity index (χ3v) is 4.26. The summed E-state index contributed by atoms with van der Waals surface area (Å²) in [4.78, 5) is 12.5. The maximum atomic E-state index is 13.8. The van der Waals surface area contributed by atoms with Crippen molar-refractivity contribution in [2.45, 2.75) is 20.5 Å². The lowest BCUT2D eigenvalue weighted by Gasteiger charge is -2.08. The summed E-state index contributed by atoms with van der Waals surface area (Å²) in [5.41, 5.74) is 2.58. The highest BCUT2D eigenvalue weighted by Gasteiger charge is 2.21. The van der Waals surface area contributed by atoms with Gasteiger partial charge in [-0.15, -0.1) is 0 Å². The van der Waals surface area contributed by atoms with Gasteiger partial charge in [-0.1, -0.05) is 35.9 Å². The van der Waals surface area contributed by atoms with Gasteiger partial charge >= 0.3 is 5.97 Å². The number of aromatic nitrogens is 2. The fraction of sp³-hybridized carbons (Fsp3) is 0.158. The summed E-state index contributed by atoms with van der Waals surface area (Å²) in [7, 11) is 0. The number of benzene rings is 2. The van der Waals surface area contributed by atoms with Gasteiger partial charge in [0.25, 0.3) is 0 Å². The van der Waals surface area contributed by atoms with Crippen LogP contribution >= 0.6 is 11.6 Å². The quantitative estimate of drug-likeness (QED) is 0.638. The summed E-state index contributed by atoms with van der Waals surface area (Å²) in [5.74, 6) is -1.06. The molecule has 0 unspecified atom stereocenters. The normalized spacial score (nSPS) is 10.7. The maximum Gasteiger partial charge on any atom is 0.342 e. The summed E-state index contributed by atoms with van der Waals surface area (Å²) in [6.45, 7) is 3.29. The molecule has 128 valence electrons. The highest BCUT2D eigenvalue weighted by molar-refractivity contribution is 6.31. The molecule has 25 heavy (non-hydrogen) atoms. The van der Waals surface area contributed by atoms with Crippen LogP contribution in [-0.4, -0.2) is 15.7 Å². The number of ether oxygens (including phenoxy) is 1. The molecule has 2 aromatic carbocycles. The second-order valence-corrected chi connectivity index (χ2v) is 5.98. The van der Waals surface area contributed by atoms with E-state index < -0.39 is 11.8 Å². The average molecular weight is 359 g/mol. The zero-order chi connectivity index (χ0) is 18.0. The molecule has 0 spiro atoms. The third-order valence-electron chi connectivity index (χ3n) is 3.91. The molecule has 4 nitrogen and oxygen atoms in total. The van der Waals surface area contributed by atoms with Gasteiger partial charge in [0.2, 0.25) is 0 Å². The van der Waals surface area contributed by atoms with Gasteiger partial charge in [0.1, 0.15) is 18.0 Å². The van der Waals surface area contributed by atoms with E-state index in [4.69, 9.17) is 16.3 Å². The number of aryl methyl sites for hydroxylation is 1. The molecular weight excluding hydrogens is 343 g/mol. The summed E-state index contributed by atoms with van der Waals surface area (Å²) >= 11 is 5.96. The van der Waals surface area contributed by atoms with Crippen LogP contribution in [0.1, 0.15) is 27.3 Å². The molecule has 0 radical (unpaired) electrons. The molecule has 0 N–H and O–H groups in total. The second-order valence-electron chi connectivity index (χ2n) is 5.57. The molecule has 0 aliphatic heterocycles. The second kappa shape index (κ2) is 7.07.